The van der Waals surface area contributed by atoms with Gasteiger partial charge in [-0.2, -0.15) is 0 Å². The van der Waals surface area contributed by atoms with Crippen LogP contribution in [0, 0.1) is 5.82 Å². The zero-order valence-electron chi connectivity index (χ0n) is 18.7. The summed E-state index contributed by atoms with van der Waals surface area (Å²) in [7, 11) is 0. The molecule has 0 spiro atoms. The summed E-state index contributed by atoms with van der Waals surface area (Å²) in [4.78, 5) is 25.6. The third-order valence-corrected chi connectivity index (χ3v) is 6.03. The molecular formula is C23H29ClFN5O2. The SMILES string of the molecule is CC(=O)N1CCc2nc(N3CCC(Oc4cc(Cl)ccc4F)CC3)c(NC(C)C)nc2C1. The van der Waals surface area contributed by atoms with E-state index in [4.69, 9.17) is 26.3 Å². The van der Waals surface area contributed by atoms with Crippen LogP contribution >= 0.6 is 11.6 Å². The van der Waals surface area contributed by atoms with Gasteiger partial charge in [-0.3, -0.25) is 4.79 Å². The number of ether oxygens (including phenoxy) is 1. The van der Waals surface area contributed by atoms with Crippen molar-refractivity contribution < 1.29 is 13.9 Å². The Bertz CT molecular complexity index is 995. The average Bonchev–Trinajstić information content (AvgIpc) is 2.75. The summed E-state index contributed by atoms with van der Waals surface area (Å²) in [6.45, 7) is 8.32. The smallest absolute Gasteiger partial charge is 0.219 e. The van der Waals surface area contributed by atoms with Gasteiger partial charge in [-0.1, -0.05) is 11.6 Å². The number of aromatic nitrogens is 2. The van der Waals surface area contributed by atoms with Crippen LogP contribution in [-0.2, 0) is 17.8 Å². The maximum absolute atomic E-state index is 14.0. The highest BCUT2D eigenvalue weighted by Crippen LogP contribution is 2.31. The van der Waals surface area contributed by atoms with Crippen LogP contribution in [0.1, 0.15) is 45.0 Å². The Hall–Kier alpha value is -2.61. The van der Waals surface area contributed by atoms with Gasteiger partial charge in [-0.15, -0.1) is 0 Å². The normalized spacial score (nSPS) is 16.8. The van der Waals surface area contributed by atoms with Gasteiger partial charge in [0, 0.05) is 63.0 Å². The number of halogens is 2. The number of piperidine rings is 1. The van der Waals surface area contributed by atoms with E-state index in [9.17, 15) is 9.18 Å². The summed E-state index contributed by atoms with van der Waals surface area (Å²) in [5, 5.41) is 3.87. The molecule has 2 aliphatic heterocycles. The Balaban J connectivity index is 1.50. The number of carbonyl (C=O) groups is 1. The van der Waals surface area contributed by atoms with Gasteiger partial charge in [0.15, 0.2) is 23.2 Å². The number of benzene rings is 1. The van der Waals surface area contributed by atoms with Crippen molar-refractivity contribution >= 4 is 29.1 Å². The predicted molar refractivity (Wildman–Crippen MR) is 123 cm³/mol. The molecule has 1 N–H and O–H groups in total. The topological polar surface area (TPSA) is 70.6 Å². The maximum atomic E-state index is 14.0. The van der Waals surface area contributed by atoms with Gasteiger partial charge < -0.3 is 19.9 Å². The van der Waals surface area contributed by atoms with Crippen LogP contribution in [-0.4, -0.2) is 52.6 Å². The Labute approximate surface area is 192 Å². The highest BCUT2D eigenvalue weighted by atomic mass is 35.5. The van der Waals surface area contributed by atoms with Gasteiger partial charge in [0.05, 0.1) is 17.9 Å². The van der Waals surface area contributed by atoms with Crippen molar-refractivity contribution in [2.45, 2.75) is 58.7 Å². The lowest BCUT2D eigenvalue weighted by atomic mass is 10.1. The van der Waals surface area contributed by atoms with E-state index in [1.165, 1.54) is 18.2 Å². The predicted octanol–water partition coefficient (Wildman–Crippen LogP) is 4.04. The third kappa shape index (κ3) is 5.06. The molecule has 32 heavy (non-hydrogen) atoms. The fourth-order valence-corrected chi connectivity index (χ4v) is 4.28. The Morgan fingerprint density at radius 3 is 2.66 bits per heavy atom. The largest absolute Gasteiger partial charge is 0.487 e. The fraction of sp³-hybridized carbons (Fsp3) is 0.522. The number of rotatable bonds is 5. The van der Waals surface area contributed by atoms with Crippen molar-refractivity contribution in [3.05, 3.63) is 40.4 Å². The molecule has 1 aromatic carbocycles. The second kappa shape index (κ2) is 9.48. The summed E-state index contributed by atoms with van der Waals surface area (Å²) in [5.41, 5.74) is 1.80. The lowest BCUT2D eigenvalue weighted by Crippen LogP contribution is -2.40. The summed E-state index contributed by atoms with van der Waals surface area (Å²) >= 11 is 5.98. The monoisotopic (exact) mass is 461 g/mol. The molecule has 7 nitrogen and oxygen atoms in total. The number of fused-ring (bicyclic) bond motifs is 1. The van der Waals surface area contributed by atoms with Crippen LogP contribution < -0.4 is 15.0 Å². The van der Waals surface area contributed by atoms with E-state index < -0.39 is 5.82 Å². The standard InChI is InChI=1S/C23H29ClFN5O2/c1-14(2)26-22-23(28-19-8-11-30(15(3)31)13-20(19)27-22)29-9-6-17(7-10-29)32-21-12-16(24)4-5-18(21)25/h4-5,12,14,17H,6-11,13H2,1-3H3,(H,26,27). The minimum atomic E-state index is -0.402. The number of nitrogens with zero attached hydrogens (tertiary/aromatic N) is 4. The highest BCUT2D eigenvalue weighted by molar-refractivity contribution is 6.30. The summed E-state index contributed by atoms with van der Waals surface area (Å²) in [5.74, 6) is 1.42. The molecule has 0 saturated carbocycles. The molecule has 1 fully saturated rings. The van der Waals surface area contributed by atoms with Gasteiger partial charge in [-0.05, 0) is 26.0 Å². The van der Waals surface area contributed by atoms with Gasteiger partial charge in [-0.25, -0.2) is 14.4 Å². The lowest BCUT2D eigenvalue weighted by Gasteiger charge is -2.35. The second-order valence-electron chi connectivity index (χ2n) is 8.66. The van der Waals surface area contributed by atoms with Crippen LogP contribution in [0.3, 0.4) is 0 Å². The zero-order chi connectivity index (χ0) is 22.8. The van der Waals surface area contributed by atoms with Crippen molar-refractivity contribution in [3.8, 4) is 5.75 Å². The fourth-order valence-electron chi connectivity index (χ4n) is 4.11. The van der Waals surface area contributed by atoms with E-state index in [1.807, 2.05) is 0 Å². The first-order chi connectivity index (χ1) is 15.3. The number of amides is 1. The van der Waals surface area contributed by atoms with Gasteiger partial charge in [0.2, 0.25) is 5.91 Å². The summed E-state index contributed by atoms with van der Waals surface area (Å²) < 4.78 is 19.9. The van der Waals surface area contributed by atoms with Crippen molar-refractivity contribution in [1.29, 1.82) is 0 Å². The van der Waals surface area contributed by atoms with Gasteiger partial charge in [0.1, 0.15) is 6.10 Å². The number of hydrogen-bond donors (Lipinski definition) is 1. The van der Waals surface area contributed by atoms with Gasteiger partial charge in [0.25, 0.3) is 0 Å². The molecule has 1 aromatic heterocycles. The second-order valence-corrected chi connectivity index (χ2v) is 9.09. The number of hydrogen-bond acceptors (Lipinski definition) is 6. The maximum Gasteiger partial charge on any atom is 0.219 e. The molecule has 4 rings (SSSR count). The van der Waals surface area contributed by atoms with Crippen molar-refractivity contribution in [2.75, 3.05) is 29.9 Å². The molecule has 9 heteroatoms. The minimum absolute atomic E-state index is 0.0538. The zero-order valence-corrected chi connectivity index (χ0v) is 19.5. The molecule has 0 atom stereocenters. The van der Waals surface area contributed by atoms with E-state index in [2.05, 4.69) is 24.1 Å². The van der Waals surface area contributed by atoms with Gasteiger partial charge >= 0.3 is 0 Å². The van der Waals surface area contributed by atoms with Crippen LogP contribution in [0.4, 0.5) is 16.0 Å². The van der Waals surface area contributed by atoms with Crippen LogP contribution in [0.2, 0.25) is 5.02 Å². The first-order valence-corrected chi connectivity index (χ1v) is 11.5. The molecule has 0 bridgehead atoms. The van der Waals surface area contributed by atoms with Crippen molar-refractivity contribution in [3.63, 3.8) is 0 Å². The molecule has 1 amide bonds. The molecule has 2 aromatic rings. The number of carbonyl (C=O) groups excluding carboxylic acids is 1. The minimum Gasteiger partial charge on any atom is -0.487 e. The van der Waals surface area contributed by atoms with Crippen LogP contribution in [0.25, 0.3) is 0 Å². The quantitative estimate of drug-likeness (QED) is 0.724. The first kappa shape index (κ1) is 22.6. The summed E-state index contributed by atoms with van der Waals surface area (Å²) in [6, 6.07) is 4.56. The number of anilines is 2. The average molecular weight is 462 g/mol. The third-order valence-electron chi connectivity index (χ3n) is 5.79. The Morgan fingerprint density at radius 2 is 1.97 bits per heavy atom. The van der Waals surface area contributed by atoms with E-state index in [-0.39, 0.29) is 23.8 Å². The lowest BCUT2D eigenvalue weighted by molar-refractivity contribution is -0.129. The number of nitrogens with one attached hydrogen (secondary N) is 1. The van der Waals surface area contributed by atoms with Crippen LogP contribution in [0.5, 0.6) is 5.75 Å². The van der Waals surface area contributed by atoms with Crippen molar-refractivity contribution in [1.82, 2.24) is 14.9 Å². The molecule has 3 heterocycles. The molecule has 0 unspecified atom stereocenters. The summed E-state index contributed by atoms with van der Waals surface area (Å²) in [6.07, 6.45) is 2.09. The van der Waals surface area contributed by atoms with Crippen LogP contribution in [0.15, 0.2) is 18.2 Å². The first-order valence-electron chi connectivity index (χ1n) is 11.1. The van der Waals surface area contributed by atoms with E-state index in [0.29, 0.717) is 24.5 Å². The van der Waals surface area contributed by atoms with E-state index in [0.717, 1.165) is 49.0 Å². The Kier molecular flexibility index (Phi) is 6.69. The van der Waals surface area contributed by atoms with E-state index in [1.54, 1.807) is 11.8 Å². The van der Waals surface area contributed by atoms with E-state index >= 15 is 0 Å². The molecule has 0 radical (unpaired) electrons. The van der Waals surface area contributed by atoms with Crippen molar-refractivity contribution in [2.24, 2.45) is 0 Å². The molecule has 0 aliphatic carbocycles. The molecule has 1 saturated heterocycles. The molecular weight excluding hydrogens is 433 g/mol. The highest BCUT2D eigenvalue weighted by Gasteiger charge is 2.28. The molecule has 2 aliphatic rings. The Morgan fingerprint density at radius 1 is 1.22 bits per heavy atom. The molecule has 172 valence electrons.